The van der Waals surface area contributed by atoms with Gasteiger partial charge in [-0.05, 0) is 12.6 Å². The predicted molar refractivity (Wildman–Crippen MR) is 79.0 cm³/mol. The van der Waals surface area contributed by atoms with E-state index >= 15 is 0 Å². The first-order valence-electron chi connectivity index (χ1n) is 6.72. The highest BCUT2D eigenvalue weighted by atomic mass is 16.5. The first-order chi connectivity index (χ1) is 9.74. The molecule has 1 heterocycles. The van der Waals surface area contributed by atoms with Crippen molar-refractivity contribution in [1.29, 1.82) is 0 Å². The maximum absolute atomic E-state index is 5.50. The number of benzene rings is 1. The van der Waals surface area contributed by atoms with Crippen molar-refractivity contribution in [3.63, 3.8) is 0 Å². The average molecular weight is 275 g/mol. The Morgan fingerprint density at radius 1 is 1.35 bits per heavy atom. The lowest BCUT2D eigenvalue weighted by Gasteiger charge is -2.16. The number of nitrogens with zero attached hydrogens (tertiary/aromatic N) is 2. The van der Waals surface area contributed by atoms with E-state index in [0.717, 1.165) is 30.1 Å². The molecule has 0 atom stereocenters. The Labute approximate surface area is 119 Å². The maximum atomic E-state index is 5.50. The Morgan fingerprint density at radius 3 is 2.90 bits per heavy atom. The molecule has 1 N–H and O–H groups in total. The molecule has 0 saturated carbocycles. The molecule has 20 heavy (non-hydrogen) atoms. The fraction of sp³-hybridized carbons (Fsp3) is 0.400. The van der Waals surface area contributed by atoms with Crippen LogP contribution in [0.2, 0.25) is 0 Å². The highest BCUT2D eigenvalue weighted by Crippen LogP contribution is 2.21. The van der Waals surface area contributed by atoms with E-state index in [-0.39, 0.29) is 0 Å². The second-order valence-electron chi connectivity index (χ2n) is 4.57. The van der Waals surface area contributed by atoms with Crippen LogP contribution in [0.4, 0.5) is 6.01 Å². The summed E-state index contributed by atoms with van der Waals surface area (Å²) >= 11 is 0. The molecule has 0 unspecified atom stereocenters. The monoisotopic (exact) mass is 275 g/mol. The van der Waals surface area contributed by atoms with Crippen LogP contribution in [-0.4, -0.2) is 25.7 Å². The van der Waals surface area contributed by atoms with Crippen LogP contribution in [0.3, 0.4) is 0 Å². The van der Waals surface area contributed by atoms with Gasteiger partial charge in [-0.15, -0.1) is 0 Å². The summed E-state index contributed by atoms with van der Waals surface area (Å²) in [5, 5.41) is 3.22. The average Bonchev–Trinajstić information content (AvgIpc) is 2.94. The van der Waals surface area contributed by atoms with Gasteiger partial charge in [0.25, 0.3) is 6.01 Å². The molecule has 0 aliphatic carbocycles. The minimum Gasteiger partial charge on any atom is -0.496 e. The highest BCUT2D eigenvalue weighted by Gasteiger charge is 2.11. The molecule has 0 saturated heterocycles. The van der Waals surface area contributed by atoms with E-state index in [1.165, 1.54) is 0 Å². The van der Waals surface area contributed by atoms with E-state index in [4.69, 9.17) is 9.15 Å². The van der Waals surface area contributed by atoms with Gasteiger partial charge in [-0.25, -0.2) is 0 Å². The van der Waals surface area contributed by atoms with Crippen LogP contribution in [0.1, 0.15) is 18.2 Å². The standard InChI is InChI=1S/C15H21N3O2/c1-4-16-9-13-11-20-15(17-13)18(2)10-12-7-5-6-8-14(12)19-3/h5-8,11,16H,4,9-10H2,1-3H3. The molecular weight excluding hydrogens is 254 g/mol. The van der Waals surface area contributed by atoms with Gasteiger partial charge in [0.05, 0.1) is 19.3 Å². The SMILES string of the molecule is CCNCc1coc(N(C)Cc2ccccc2OC)n1. The van der Waals surface area contributed by atoms with Crippen LogP contribution in [0.15, 0.2) is 34.9 Å². The quantitative estimate of drug-likeness (QED) is 0.841. The van der Waals surface area contributed by atoms with Crippen molar-refractivity contribution >= 4 is 6.01 Å². The molecule has 2 aromatic rings. The van der Waals surface area contributed by atoms with Crippen LogP contribution in [-0.2, 0) is 13.1 Å². The summed E-state index contributed by atoms with van der Waals surface area (Å²) in [7, 11) is 3.63. The highest BCUT2D eigenvalue weighted by molar-refractivity contribution is 5.37. The van der Waals surface area contributed by atoms with Gasteiger partial charge < -0.3 is 19.4 Å². The zero-order chi connectivity index (χ0) is 14.4. The summed E-state index contributed by atoms with van der Waals surface area (Å²) in [6.07, 6.45) is 1.69. The number of methoxy groups -OCH3 is 1. The Bertz CT molecular complexity index is 539. The number of aromatic nitrogens is 1. The number of hydrogen-bond acceptors (Lipinski definition) is 5. The molecule has 2 rings (SSSR count). The third kappa shape index (κ3) is 3.51. The van der Waals surface area contributed by atoms with Gasteiger partial charge in [0, 0.05) is 19.2 Å². The molecule has 0 amide bonds. The molecule has 0 aliphatic rings. The zero-order valence-corrected chi connectivity index (χ0v) is 12.2. The van der Waals surface area contributed by atoms with Crippen molar-refractivity contribution < 1.29 is 9.15 Å². The summed E-state index contributed by atoms with van der Waals surface area (Å²) in [6.45, 7) is 4.39. The fourth-order valence-electron chi connectivity index (χ4n) is 1.96. The van der Waals surface area contributed by atoms with Crippen molar-refractivity contribution in [3.05, 3.63) is 41.8 Å². The zero-order valence-electron chi connectivity index (χ0n) is 12.2. The fourth-order valence-corrected chi connectivity index (χ4v) is 1.96. The Morgan fingerprint density at radius 2 is 2.15 bits per heavy atom. The van der Waals surface area contributed by atoms with Crippen LogP contribution in [0.5, 0.6) is 5.75 Å². The molecule has 0 bridgehead atoms. The summed E-state index contributed by atoms with van der Waals surface area (Å²) in [4.78, 5) is 6.42. The largest absolute Gasteiger partial charge is 0.496 e. The third-order valence-corrected chi connectivity index (χ3v) is 3.02. The number of ether oxygens (including phenoxy) is 1. The smallest absolute Gasteiger partial charge is 0.297 e. The number of hydrogen-bond donors (Lipinski definition) is 1. The van der Waals surface area contributed by atoms with Gasteiger partial charge in [-0.1, -0.05) is 25.1 Å². The molecule has 1 aromatic heterocycles. The Kier molecular flexibility index (Phi) is 5.01. The molecule has 5 nitrogen and oxygen atoms in total. The molecule has 0 fully saturated rings. The summed E-state index contributed by atoms with van der Waals surface area (Å²) in [5.41, 5.74) is 2.01. The van der Waals surface area contributed by atoms with Crippen LogP contribution in [0, 0.1) is 0 Å². The van der Waals surface area contributed by atoms with Crippen LogP contribution in [0.25, 0.3) is 0 Å². The number of anilines is 1. The Hall–Kier alpha value is -2.01. The summed E-state index contributed by atoms with van der Waals surface area (Å²) in [5.74, 6) is 0.874. The van der Waals surface area contributed by atoms with Gasteiger partial charge >= 0.3 is 0 Å². The molecule has 1 aromatic carbocycles. The van der Waals surface area contributed by atoms with E-state index in [2.05, 4.69) is 17.2 Å². The van der Waals surface area contributed by atoms with E-state index < -0.39 is 0 Å². The van der Waals surface area contributed by atoms with Gasteiger partial charge in [0.2, 0.25) is 0 Å². The summed E-state index contributed by atoms with van der Waals surface area (Å²) < 4.78 is 10.9. The number of oxazole rings is 1. The molecular formula is C15H21N3O2. The second-order valence-corrected chi connectivity index (χ2v) is 4.57. The normalized spacial score (nSPS) is 10.6. The lowest BCUT2D eigenvalue weighted by Crippen LogP contribution is -2.17. The lowest BCUT2D eigenvalue weighted by molar-refractivity contribution is 0.409. The Balaban J connectivity index is 2.04. The number of nitrogens with one attached hydrogen (secondary N) is 1. The van der Waals surface area contributed by atoms with Crippen LogP contribution < -0.4 is 15.0 Å². The molecule has 108 valence electrons. The topological polar surface area (TPSA) is 50.5 Å². The van der Waals surface area contributed by atoms with Gasteiger partial charge in [-0.3, -0.25) is 0 Å². The second kappa shape index (κ2) is 6.96. The van der Waals surface area contributed by atoms with Crippen LogP contribution >= 0.6 is 0 Å². The van der Waals surface area contributed by atoms with Gasteiger partial charge in [0.1, 0.15) is 12.0 Å². The van der Waals surface area contributed by atoms with Gasteiger partial charge in [0.15, 0.2) is 0 Å². The van der Waals surface area contributed by atoms with Gasteiger partial charge in [-0.2, -0.15) is 4.98 Å². The molecule has 0 spiro atoms. The summed E-state index contributed by atoms with van der Waals surface area (Å²) in [6, 6.07) is 8.57. The van der Waals surface area contributed by atoms with E-state index in [1.54, 1.807) is 13.4 Å². The van der Waals surface area contributed by atoms with E-state index in [0.29, 0.717) is 12.6 Å². The minimum atomic E-state index is 0.615. The first-order valence-corrected chi connectivity index (χ1v) is 6.72. The number of para-hydroxylation sites is 1. The van der Waals surface area contributed by atoms with Crippen molar-refractivity contribution in [2.45, 2.75) is 20.0 Å². The molecule has 0 radical (unpaired) electrons. The van der Waals surface area contributed by atoms with Crippen molar-refractivity contribution in [2.75, 3.05) is 25.6 Å². The predicted octanol–water partition coefficient (Wildman–Crippen LogP) is 2.43. The lowest BCUT2D eigenvalue weighted by atomic mass is 10.2. The van der Waals surface area contributed by atoms with E-state index in [9.17, 15) is 0 Å². The number of rotatable bonds is 7. The third-order valence-electron chi connectivity index (χ3n) is 3.02. The minimum absolute atomic E-state index is 0.615. The first kappa shape index (κ1) is 14.4. The van der Waals surface area contributed by atoms with Crippen molar-refractivity contribution in [3.8, 4) is 5.75 Å². The van der Waals surface area contributed by atoms with Crippen molar-refractivity contribution in [2.24, 2.45) is 0 Å². The molecule has 5 heteroatoms. The maximum Gasteiger partial charge on any atom is 0.297 e. The van der Waals surface area contributed by atoms with E-state index in [1.807, 2.05) is 36.2 Å². The van der Waals surface area contributed by atoms with Crippen molar-refractivity contribution in [1.82, 2.24) is 10.3 Å². The molecule has 0 aliphatic heterocycles.